The number of fused-ring (bicyclic) bond motifs is 1. The van der Waals surface area contributed by atoms with Gasteiger partial charge in [0.25, 0.3) is 0 Å². The first-order valence-electron chi connectivity index (χ1n) is 13.0. The van der Waals surface area contributed by atoms with Crippen LogP contribution >= 0.6 is 0 Å². The lowest BCUT2D eigenvalue weighted by atomic mass is 9.88. The number of aliphatic imine (C=N–C) groups is 1. The average molecular weight is 549 g/mol. The third-order valence-electron chi connectivity index (χ3n) is 6.98. The number of nitrogens with two attached hydrogens (primary N) is 2. The highest BCUT2D eigenvalue weighted by atomic mass is 19.4. The van der Waals surface area contributed by atoms with E-state index in [1.54, 1.807) is 42.5 Å². The monoisotopic (exact) mass is 548 g/mol. The van der Waals surface area contributed by atoms with Crippen LogP contribution in [0.5, 0.6) is 11.5 Å². The summed E-state index contributed by atoms with van der Waals surface area (Å²) in [7, 11) is 0. The second-order valence-corrected chi connectivity index (χ2v) is 9.47. The van der Waals surface area contributed by atoms with Crippen LogP contribution in [0.25, 0.3) is 0 Å². The van der Waals surface area contributed by atoms with Gasteiger partial charge in [-0.1, -0.05) is 32.0 Å². The summed E-state index contributed by atoms with van der Waals surface area (Å²) in [5.41, 5.74) is 12.9. The lowest BCUT2D eigenvalue weighted by molar-refractivity contribution is -0.199. The van der Waals surface area contributed by atoms with E-state index in [1.165, 1.54) is 4.90 Å². The molecular weight excluding hydrogens is 513 g/mol. The van der Waals surface area contributed by atoms with E-state index in [2.05, 4.69) is 4.99 Å². The SMILES string of the molecule is CCOc1ccc(C(N)=O)cc1CN1C(=O)CC(CC)(CC)N=C1N.FC(F)(F)C1CCc2ccccc2O1. The van der Waals surface area contributed by atoms with Gasteiger partial charge in [-0.15, -0.1) is 0 Å². The predicted octanol–water partition coefficient (Wildman–Crippen LogP) is 4.73. The Balaban J connectivity index is 0.000000252. The second-order valence-electron chi connectivity index (χ2n) is 9.47. The summed E-state index contributed by atoms with van der Waals surface area (Å²) in [6, 6.07) is 11.8. The van der Waals surface area contributed by atoms with E-state index in [9.17, 15) is 22.8 Å². The molecule has 0 aromatic heterocycles. The first-order chi connectivity index (χ1) is 18.4. The Morgan fingerprint density at radius 1 is 1.18 bits per heavy atom. The summed E-state index contributed by atoms with van der Waals surface area (Å²) in [5.74, 6) is 0.541. The van der Waals surface area contributed by atoms with Crippen LogP contribution in [0.15, 0.2) is 47.5 Å². The molecule has 2 aromatic rings. The molecule has 2 amide bonds. The molecule has 0 aliphatic carbocycles. The Labute approximate surface area is 226 Å². The number of para-hydroxylation sites is 1. The number of benzene rings is 2. The van der Waals surface area contributed by atoms with Gasteiger partial charge in [0.2, 0.25) is 11.8 Å². The lowest BCUT2D eigenvalue weighted by Gasteiger charge is -2.36. The standard InChI is InChI=1S/C18H26N4O3.C10H9F3O/c1-4-18(5-2)10-15(23)22(17(20)21-18)11-13-9-12(16(19)24)7-8-14(13)25-6-3;11-10(12,13)9-6-5-7-3-1-2-4-8(7)14-9/h7-9H,4-6,10-11H2,1-3H3,(H2,19,24)(H2,20,21);1-4,9H,5-6H2. The van der Waals surface area contributed by atoms with Crippen LogP contribution in [0.4, 0.5) is 13.2 Å². The number of rotatable bonds is 7. The van der Waals surface area contributed by atoms with Crippen LogP contribution in [-0.2, 0) is 17.8 Å². The normalized spacial score (nSPS) is 18.2. The highest BCUT2D eigenvalue weighted by Gasteiger charge is 2.43. The molecule has 39 heavy (non-hydrogen) atoms. The fraction of sp³-hybridized carbons (Fsp3) is 0.464. The van der Waals surface area contributed by atoms with Gasteiger partial charge >= 0.3 is 6.18 Å². The third kappa shape index (κ3) is 7.21. The van der Waals surface area contributed by atoms with Crippen molar-refractivity contribution < 1.29 is 32.2 Å². The van der Waals surface area contributed by atoms with Crippen molar-refractivity contribution in [2.75, 3.05) is 6.61 Å². The molecule has 11 heteroatoms. The molecule has 8 nitrogen and oxygen atoms in total. The zero-order valence-electron chi connectivity index (χ0n) is 22.4. The molecule has 4 rings (SSSR count). The van der Waals surface area contributed by atoms with Gasteiger partial charge < -0.3 is 20.9 Å². The summed E-state index contributed by atoms with van der Waals surface area (Å²) in [6.45, 7) is 6.54. The highest BCUT2D eigenvalue weighted by Crippen LogP contribution is 2.35. The summed E-state index contributed by atoms with van der Waals surface area (Å²) in [4.78, 5) is 30.1. The molecule has 2 aromatic carbocycles. The molecular formula is C28H35F3N4O4. The highest BCUT2D eigenvalue weighted by molar-refractivity contribution is 5.99. The molecule has 1 atom stereocenters. The molecule has 212 valence electrons. The number of guanidine groups is 1. The van der Waals surface area contributed by atoms with E-state index >= 15 is 0 Å². The van der Waals surface area contributed by atoms with E-state index in [0.717, 1.165) is 18.4 Å². The molecule has 0 radical (unpaired) electrons. The maximum absolute atomic E-state index is 12.7. The number of halogens is 3. The summed E-state index contributed by atoms with van der Waals surface area (Å²) >= 11 is 0. The Morgan fingerprint density at radius 3 is 2.46 bits per heavy atom. The minimum absolute atomic E-state index is 0.0144. The van der Waals surface area contributed by atoms with Crippen molar-refractivity contribution in [2.45, 2.75) is 77.2 Å². The molecule has 0 fully saturated rings. The van der Waals surface area contributed by atoms with Crippen molar-refractivity contribution in [1.82, 2.24) is 4.90 Å². The number of carbonyl (C=O) groups is 2. The number of hydrogen-bond donors (Lipinski definition) is 2. The number of carbonyl (C=O) groups excluding carboxylic acids is 2. The molecule has 2 aliphatic heterocycles. The van der Waals surface area contributed by atoms with Crippen LogP contribution < -0.4 is 20.9 Å². The van der Waals surface area contributed by atoms with Gasteiger partial charge in [-0.2, -0.15) is 13.2 Å². The van der Waals surface area contributed by atoms with Crippen molar-refractivity contribution in [3.8, 4) is 11.5 Å². The van der Waals surface area contributed by atoms with Crippen LogP contribution in [-0.4, -0.2) is 47.1 Å². The van der Waals surface area contributed by atoms with E-state index < -0.39 is 23.7 Å². The largest absolute Gasteiger partial charge is 0.494 e. The van der Waals surface area contributed by atoms with Gasteiger partial charge in [0.15, 0.2) is 12.1 Å². The molecule has 0 saturated heterocycles. The molecule has 1 unspecified atom stereocenters. The number of alkyl halides is 3. The van der Waals surface area contributed by atoms with Crippen molar-refractivity contribution in [3.05, 3.63) is 59.2 Å². The van der Waals surface area contributed by atoms with Crippen molar-refractivity contribution in [1.29, 1.82) is 0 Å². The summed E-state index contributed by atoms with van der Waals surface area (Å²) in [5, 5.41) is 0. The Hall–Kier alpha value is -3.76. The smallest absolute Gasteiger partial charge is 0.425 e. The first kappa shape index (κ1) is 29.8. The molecule has 0 spiro atoms. The number of amides is 2. The van der Waals surface area contributed by atoms with Gasteiger partial charge in [-0.25, -0.2) is 4.99 Å². The summed E-state index contributed by atoms with van der Waals surface area (Å²) < 4.78 is 47.4. The van der Waals surface area contributed by atoms with Gasteiger partial charge in [-0.05, 0) is 62.4 Å². The van der Waals surface area contributed by atoms with Gasteiger partial charge in [0, 0.05) is 11.1 Å². The number of nitrogens with zero attached hydrogens (tertiary/aromatic N) is 2. The average Bonchev–Trinajstić information content (AvgIpc) is 2.91. The molecule has 2 heterocycles. The van der Waals surface area contributed by atoms with Crippen molar-refractivity contribution in [2.24, 2.45) is 16.5 Å². The fourth-order valence-electron chi connectivity index (χ4n) is 4.55. The minimum atomic E-state index is -4.26. The van der Waals surface area contributed by atoms with E-state index in [4.69, 9.17) is 20.9 Å². The molecule has 4 N–H and O–H groups in total. The maximum Gasteiger partial charge on any atom is 0.425 e. The third-order valence-corrected chi connectivity index (χ3v) is 6.98. The van der Waals surface area contributed by atoms with Crippen LogP contribution in [0.2, 0.25) is 0 Å². The Bertz CT molecular complexity index is 1210. The molecule has 2 aliphatic rings. The zero-order valence-corrected chi connectivity index (χ0v) is 22.4. The van der Waals surface area contributed by atoms with Crippen LogP contribution in [0.1, 0.15) is 67.9 Å². The molecule has 0 saturated carbocycles. The van der Waals surface area contributed by atoms with E-state index in [-0.39, 0.29) is 24.8 Å². The maximum atomic E-state index is 12.7. The summed E-state index contributed by atoms with van der Waals surface area (Å²) in [6.07, 6.45) is -3.62. The first-order valence-corrected chi connectivity index (χ1v) is 13.0. The fourth-order valence-corrected chi connectivity index (χ4v) is 4.55. The van der Waals surface area contributed by atoms with Crippen molar-refractivity contribution >= 4 is 17.8 Å². The lowest BCUT2D eigenvalue weighted by Crippen LogP contribution is -2.50. The van der Waals surface area contributed by atoms with Crippen LogP contribution in [0, 0.1) is 0 Å². The second kappa shape index (κ2) is 12.4. The zero-order chi connectivity index (χ0) is 28.8. The topological polar surface area (TPSA) is 120 Å². The number of hydrogen-bond acceptors (Lipinski definition) is 6. The van der Waals surface area contributed by atoms with E-state index in [0.29, 0.717) is 42.1 Å². The van der Waals surface area contributed by atoms with Crippen LogP contribution in [0.3, 0.4) is 0 Å². The van der Waals surface area contributed by atoms with E-state index in [1.807, 2.05) is 20.8 Å². The number of aryl methyl sites for hydroxylation is 1. The minimum Gasteiger partial charge on any atom is -0.494 e. The molecule has 0 bridgehead atoms. The number of ether oxygens (including phenoxy) is 2. The van der Waals surface area contributed by atoms with Gasteiger partial charge in [0.1, 0.15) is 11.5 Å². The quantitative estimate of drug-likeness (QED) is 0.518. The Morgan fingerprint density at radius 2 is 1.87 bits per heavy atom. The number of primary amides is 1. The van der Waals surface area contributed by atoms with Gasteiger partial charge in [-0.3, -0.25) is 14.5 Å². The van der Waals surface area contributed by atoms with Crippen molar-refractivity contribution in [3.63, 3.8) is 0 Å². The predicted molar refractivity (Wildman–Crippen MR) is 141 cm³/mol. The Kier molecular flexibility index (Phi) is 9.47. The van der Waals surface area contributed by atoms with Gasteiger partial charge in [0.05, 0.1) is 25.1 Å².